The molecule has 2 N–H and O–H groups in total. The molecule has 98 valence electrons. The zero-order valence-corrected chi connectivity index (χ0v) is 10.8. The summed E-state index contributed by atoms with van der Waals surface area (Å²) < 4.78 is 13.5. The molecule has 4 heteroatoms. The van der Waals surface area contributed by atoms with Crippen molar-refractivity contribution in [1.82, 2.24) is 5.32 Å². The third-order valence-corrected chi connectivity index (χ3v) is 3.84. The van der Waals surface area contributed by atoms with Gasteiger partial charge in [0.2, 0.25) is 0 Å². The van der Waals surface area contributed by atoms with Gasteiger partial charge in [-0.2, -0.15) is 0 Å². The molecule has 1 aliphatic rings. The summed E-state index contributed by atoms with van der Waals surface area (Å²) in [5, 5.41) is 5.64. The number of amides is 1. The maximum absolute atomic E-state index is 13.5. The smallest absolute Gasteiger partial charge is 0.253 e. The van der Waals surface area contributed by atoms with E-state index in [1.165, 1.54) is 18.9 Å². The van der Waals surface area contributed by atoms with Crippen LogP contribution in [0.25, 0.3) is 0 Å². The third-order valence-electron chi connectivity index (χ3n) is 3.84. The number of rotatable bonds is 5. The minimum absolute atomic E-state index is 0.210. The fraction of sp³-hybridized carbons (Fsp3) is 0.500. The number of anilines is 1. The van der Waals surface area contributed by atoms with Gasteiger partial charge in [-0.05, 0) is 36.8 Å². The number of carbonyl (C=O) groups is 1. The van der Waals surface area contributed by atoms with Crippen LogP contribution in [0.1, 0.15) is 36.5 Å². The summed E-state index contributed by atoms with van der Waals surface area (Å²) in [6.45, 7) is 2.82. The van der Waals surface area contributed by atoms with Gasteiger partial charge in [0.1, 0.15) is 5.82 Å². The van der Waals surface area contributed by atoms with Crippen LogP contribution in [0.3, 0.4) is 0 Å². The molecule has 1 saturated carbocycles. The Morgan fingerprint density at radius 1 is 1.44 bits per heavy atom. The number of halogens is 1. The molecule has 0 saturated heterocycles. The van der Waals surface area contributed by atoms with Crippen LogP contribution in [0.5, 0.6) is 0 Å². The lowest BCUT2D eigenvalue weighted by Crippen LogP contribution is -2.30. The van der Waals surface area contributed by atoms with E-state index in [4.69, 9.17) is 0 Å². The summed E-state index contributed by atoms with van der Waals surface area (Å²) in [5.74, 6) is -0.611. The maximum Gasteiger partial charge on any atom is 0.253 e. The summed E-state index contributed by atoms with van der Waals surface area (Å²) in [7, 11) is 1.61. The van der Waals surface area contributed by atoms with Crippen molar-refractivity contribution >= 4 is 11.6 Å². The molecule has 0 heterocycles. The molecular weight excluding hydrogens is 231 g/mol. The zero-order valence-electron chi connectivity index (χ0n) is 10.8. The molecule has 0 bridgehead atoms. The van der Waals surface area contributed by atoms with Crippen LogP contribution < -0.4 is 10.6 Å². The minimum Gasteiger partial charge on any atom is -0.385 e. The normalized spacial score (nSPS) is 16.2. The van der Waals surface area contributed by atoms with Crippen molar-refractivity contribution in [3.63, 3.8) is 0 Å². The van der Waals surface area contributed by atoms with Crippen molar-refractivity contribution in [2.45, 2.75) is 26.2 Å². The van der Waals surface area contributed by atoms with Gasteiger partial charge in [-0.25, -0.2) is 4.39 Å². The maximum atomic E-state index is 13.5. The molecule has 0 atom stereocenters. The molecule has 3 nitrogen and oxygen atoms in total. The van der Waals surface area contributed by atoms with Gasteiger partial charge in [-0.1, -0.05) is 13.0 Å². The molecular formula is C14H19FN2O. The fourth-order valence-electron chi connectivity index (χ4n) is 2.16. The Hall–Kier alpha value is -1.58. The number of hydrogen-bond acceptors (Lipinski definition) is 2. The van der Waals surface area contributed by atoms with E-state index in [-0.39, 0.29) is 11.6 Å². The highest BCUT2D eigenvalue weighted by atomic mass is 19.1. The van der Waals surface area contributed by atoms with Crippen molar-refractivity contribution in [2.24, 2.45) is 5.41 Å². The van der Waals surface area contributed by atoms with E-state index in [0.717, 1.165) is 6.42 Å². The summed E-state index contributed by atoms with van der Waals surface area (Å²) in [4.78, 5) is 12.0. The molecule has 2 rings (SSSR count). The quantitative estimate of drug-likeness (QED) is 0.843. The number of carbonyl (C=O) groups excluding carboxylic acids is 1. The first-order valence-electron chi connectivity index (χ1n) is 6.36. The predicted molar refractivity (Wildman–Crippen MR) is 70.2 cm³/mol. The Bertz CT molecular complexity index is 455. The van der Waals surface area contributed by atoms with Crippen LogP contribution in [0.15, 0.2) is 18.2 Å². The number of benzene rings is 1. The molecule has 1 fully saturated rings. The highest BCUT2D eigenvalue weighted by Gasteiger charge is 2.40. The molecule has 0 unspecified atom stereocenters. The highest BCUT2D eigenvalue weighted by molar-refractivity contribution is 5.99. The van der Waals surface area contributed by atoms with Gasteiger partial charge in [0.05, 0.1) is 11.3 Å². The first-order valence-corrected chi connectivity index (χ1v) is 6.36. The van der Waals surface area contributed by atoms with E-state index in [9.17, 15) is 9.18 Å². The Morgan fingerprint density at radius 2 is 2.17 bits per heavy atom. The standard InChI is InChI=1S/C14H19FN2O/c1-3-14(7-8-14)9-17-13(18)10-5-4-6-11(15)12(10)16-2/h4-6,16H,3,7-9H2,1-2H3,(H,17,18). The van der Waals surface area contributed by atoms with Gasteiger partial charge >= 0.3 is 0 Å². The van der Waals surface area contributed by atoms with Crippen LogP contribution in [-0.2, 0) is 0 Å². The molecule has 0 spiro atoms. The van der Waals surface area contributed by atoms with Gasteiger partial charge in [0.25, 0.3) is 5.91 Å². The van der Waals surface area contributed by atoms with Crippen molar-refractivity contribution < 1.29 is 9.18 Å². The number of nitrogens with one attached hydrogen (secondary N) is 2. The van der Waals surface area contributed by atoms with Crippen molar-refractivity contribution in [1.29, 1.82) is 0 Å². The SMILES string of the molecule is CCC1(CNC(=O)c2cccc(F)c2NC)CC1. The van der Waals surface area contributed by atoms with Crippen molar-refractivity contribution in [3.05, 3.63) is 29.6 Å². The average molecular weight is 250 g/mol. The van der Waals surface area contributed by atoms with E-state index in [1.54, 1.807) is 19.2 Å². The second-order valence-electron chi connectivity index (χ2n) is 4.95. The first-order chi connectivity index (χ1) is 8.62. The van der Waals surface area contributed by atoms with E-state index in [2.05, 4.69) is 17.6 Å². The lowest BCUT2D eigenvalue weighted by molar-refractivity contribution is 0.0945. The summed E-state index contributed by atoms with van der Waals surface area (Å²) >= 11 is 0. The first kappa shape index (κ1) is 12.9. The summed E-state index contributed by atoms with van der Waals surface area (Å²) in [6.07, 6.45) is 3.42. The second kappa shape index (κ2) is 4.96. The molecule has 1 amide bonds. The zero-order chi connectivity index (χ0) is 13.2. The topological polar surface area (TPSA) is 41.1 Å². The van der Waals surface area contributed by atoms with E-state index in [1.807, 2.05) is 0 Å². The lowest BCUT2D eigenvalue weighted by Gasteiger charge is -2.15. The predicted octanol–water partition coefficient (Wildman–Crippen LogP) is 2.79. The van der Waals surface area contributed by atoms with Crippen molar-refractivity contribution in [2.75, 3.05) is 18.9 Å². The minimum atomic E-state index is -0.401. The van der Waals surface area contributed by atoms with Gasteiger partial charge in [-0.15, -0.1) is 0 Å². The molecule has 0 aliphatic heterocycles. The monoisotopic (exact) mass is 250 g/mol. The molecule has 0 aromatic heterocycles. The van der Waals surface area contributed by atoms with Crippen LogP contribution in [0.4, 0.5) is 10.1 Å². The summed E-state index contributed by atoms with van der Waals surface area (Å²) in [5.41, 5.74) is 0.920. The van der Waals surface area contributed by atoms with Gasteiger partial charge in [0, 0.05) is 13.6 Å². The van der Waals surface area contributed by atoms with Crippen molar-refractivity contribution in [3.8, 4) is 0 Å². The number of para-hydroxylation sites is 1. The highest BCUT2D eigenvalue weighted by Crippen LogP contribution is 2.47. The molecule has 1 aromatic rings. The molecule has 0 radical (unpaired) electrons. The van der Waals surface area contributed by atoms with E-state index >= 15 is 0 Å². The molecule has 1 aromatic carbocycles. The van der Waals surface area contributed by atoms with Gasteiger partial charge < -0.3 is 10.6 Å². The molecule has 18 heavy (non-hydrogen) atoms. The lowest BCUT2D eigenvalue weighted by atomic mass is 10.0. The average Bonchev–Trinajstić information content (AvgIpc) is 3.16. The van der Waals surface area contributed by atoms with Crippen LogP contribution in [0.2, 0.25) is 0 Å². The van der Waals surface area contributed by atoms with Crippen LogP contribution in [-0.4, -0.2) is 19.5 Å². The van der Waals surface area contributed by atoms with E-state index < -0.39 is 5.82 Å². The second-order valence-corrected chi connectivity index (χ2v) is 4.95. The number of hydrogen-bond donors (Lipinski definition) is 2. The Kier molecular flexibility index (Phi) is 3.55. The van der Waals surface area contributed by atoms with Crippen LogP contribution >= 0.6 is 0 Å². The Morgan fingerprint density at radius 3 is 2.72 bits per heavy atom. The molecule has 1 aliphatic carbocycles. The largest absolute Gasteiger partial charge is 0.385 e. The van der Waals surface area contributed by atoms with Crippen LogP contribution in [0, 0.1) is 11.2 Å². The Balaban J connectivity index is 2.07. The Labute approximate surface area is 107 Å². The van der Waals surface area contributed by atoms with Gasteiger partial charge in [-0.3, -0.25) is 4.79 Å². The summed E-state index contributed by atoms with van der Waals surface area (Å²) in [6, 6.07) is 4.53. The fourth-order valence-corrected chi connectivity index (χ4v) is 2.16. The van der Waals surface area contributed by atoms with E-state index in [0.29, 0.717) is 17.5 Å². The third kappa shape index (κ3) is 2.47. The van der Waals surface area contributed by atoms with Gasteiger partial charge in [0.15, 0.2) is 0 Å².